The Morgan fingerprint density at radius 3 is 2.88 bits per heavy atom. The van der Waals surface area contributed by atoms with Crippen molar-refractivity contribution >= 4 is 5.78 Å². The molecule has 3 heteroatoms. The lowest BCUT2D eigenvalue weighted by Crippen LogP contribution is -2.05. The summed E-state index contributed by atoms with van der Waals surface area (Å²) in [6.07, 6.45) is 5.39. The van der Waals surface area contributed by atoms with Gasteiger partial charge < -0.3 is 4.74 Å². The molecular weight excluding hydrogens is 202 g/mol. The maximum absolute atomic E-state index is 11.6. The molecule has 0 aliphatic rings. The first-order valence-electron chi connectivity index (χ1n) is 5.62. The van der Waals surface area contributed by atoms with Gasteiger partial charge in [0, 0.05) is 30.8 Å². The van der Waals surface area contributed by atoms with E-state index in [0.29, 0.717) is 31.0 Å². The van der Waals surface area contributed by atoms with Gasteiger partial charge in [0.05, 0.1) is 7.11 Å². The zero-order chi connectivity index (χ0) is 12.0. The first-order chi connectivity index (χ1) is 7.63. The number of nitrogens with zero attached hydrogens (tertiary/aromatic N) is 1. The summed E-state index contributed by atoms with van der Waals surface area (Å²) in [5.74, 6) is 1.55. The molecular formula is C13H19NO2. The second kappa shape index (κ2) is 6.26. The smallest absolute Gasteiger partial charge is 0.133 e. The number of carbonyl (C=O) groups excluding carboxylic acids is 1. The lowest BCUT2D eigenvalue weighted by atomic mass is 10.0. The number of Topliss-reactive ketones (excluding diaryl/α,β-unsaturated/α-hetero) is 1. The number of pyridine rings is 1. The fraction of sp³-hybridized carbons (Fsp3) is 0.538. The van der Waals surface area contributed by atoms with Crippen molar-refractivity contribution < 1.29 is 9.53 Å². The topological polar surface area (TPSA) is 39.2 Å². The van der Waals surface area contributed by atoms with E-state index < -0.39 is 0 Å². The monoisotopic (exact) mass is 221 g/mol. The van der Waals surface area contributed by atoms with Crippen LogP contribution >= 0.6 is 0 Å². The Morgan fingerprint density at radius 2 is 2.25 bits per heavy atom. The molecule has 3 nitrogen and oxygen atoms in total. The average Bonchev–Trinajstić information content (AvgIpc) is 2.26. The zero-order valence-electron chi connectivity index (χ0n) is 10.2. The van der Waals surface area contributed by atoms with Gasteiger partial charge in [0.1, 0.15) is 11.5 Å². The van der Waals surface area contributed by atoms with Crippen molar-refractivity contribution in [1.82, 2.24) is 4.98 Å². The number of ether oxygens (including phenoxy) is 1. The third-order valence-corrected chi connectivity index (χ3v) is 2.39. The highest BCUT2D eigenvalue weighted by molar-refractivity contribution is 5.78. The number of aromatic nitrogens is 1. The quantitative estimate of drug-likeness (QED) is 0.741. The molecule has 0 saturated heterocycles. The van der Waals surface area contributed by atoms with Gasteiger partial charge in [-0.15, -0.1) is 0 Å². The summed E-state index contributed by atoms with van der Waals surface area (Å²) in [6.45, 7) is 4.12. The molecule has 88 valence electrons. The van der Waals surface area contributed by atoms with Crippen LogP contribution in [0.15, 0.2) is 18.5 Å². The molecule has 0 spiro atoms. The SMILES string of the molecule is COc1ccncc1CCC(=O)CC(C)C. The molecule has 0 atom stereocenters. The van der Waals surface area contributed by atoms with Crippen molar-refractivity contribution in [2.75, 3.05) is 7.11 Å². The minimum absolute atomic E-state index is 0.306. The average molecular weight is 221 g/mol. The number of methoxy groups -OCH3 is 1. The minimum Gasteiger partial charge on any atom is -0.496 e. The minimum atomic E-state index is 0.306. The zero-order valence-corrected chi connectivity index (χ0v) is 10.2. The third kappa shape index (κ3) is 4.01. The summed E-state index contributed by atoms with van der Waals surface area (Å²) in [6, 6.07) is 1.82. The Bertz CT molecular complexity index is 348. The second-order valence-electron chi connectivity index (χ2n) is 4.32. The number of carbonyl (C=O) groups is 1. The number of hydrogen-bond donors (Lipinski definition) is 0. The van der Waals surface area contributed by atoms with E-state index in [4.69, 9.17) is 4.74 Å². The second-order valence-corrected chi connectivity index (χ2v) is 4.32. The summed E-state index contributed by atoms with van der Waals surface area (Å²) < 4.78 is 5.21. The van der Waals surface area contributed by atoms with Crippen LogP contribution in [0.25, 0.3) is 0 Å². The van der Waals surface area contributed by atoms with Crippen molar-refractivity contribution in [2.45, 2.75) is 33.1 Å². The van der Waals surface area contributed by atoms with Gasteiger partial charge in [-0.3, -0.25) is 9.78 Å². The van der Waals surface area contributed by atoms with E-state index in [-0.39, 0.29) is 0 Å². The Morgan fingerprint density at radius 1 is 1.50 bits per heavy atom. The Balaban J connectivity index is 2.51. The molecule has 0 saturated carbocycles. The summed E-state index contributed by atoms with van der Waals surface area (Å²) >= 11 is 0. The summed E-state index contributed by atoms with van der Waals surface area (Å²) in [5, 5.41) is 0. The van der Waals surface area contributed by atoms with E-state index in [1.54, 1.807) is 19.5 Å². The predicted octanol–water partition coefficient (Wildman–Crippen LogP) is 2.64. The van der Waals surface area contributed by atoms with Crippen LogP contribution in [0.3, 0.4) is 0 Å². The Labute approximate surface area is 96.8 Å². The summed E-state index contributed by atoms with van der Waals surface area (Å²) in [5.41, 5.74) is 1.00. The molecule has 16 heavy (non-hydrogen) atoms. The fourth-order valence-corrected chi connectivity index (χ4v) is 1.63. The molecule has 0 radical (unpaired) electrons. The standard InChI is InChI=1S/C13H19NO2/c1-10(2)8-12(15)5-4-11-9-14-7-6-13(11)16-3/h6-7,9-10H,4-5,8H2,1-3H3. The Kier molecular flexibility index (Phi) is 4.96. The van der Waals surface area contributed by atoms with Gasteiger partial charge >= 0.3 is 0 Å². The number of hydrogen-bond acceptors (Lipinski definition) is 3. The maximum Gasteiger partial charge on any atom is 0.133 e. The van der Waals surface area contributed by atoms with E-state index in [9.17, 15) is 4.79 Å². The van der Waals surface area contributed by atoms with Crippen LogP contribution in [-0.2, 0) is 11.2 Å². The van der Waals surface area contributed by atoms with Gasteiger partial charge in [-0.1, -0.05) is 13.8 Å². The molecule has 0 fully saturated rings. The van der Waals surface area contributed by atoms with Crippen LogP contribution < -0.4 is 4.74 Å². The van der Waals surface area contributed by atoms with E-state index in [1.165, 1.54) is 0 Å². The van der Waals surface area contributed by atoms with Crippen molar-refractivity contribution in [1.29, 1.82) is 0 Å². The van der Waals surface area contributed by atoms with Crippen LogP contribution in [-0.4, -0.2) is 17.9 Å². The lowest BCUT2D eigenvalue weighted by Gasteiger charge is -2.07. The molecule has 0 aliphatic heterocycles. The Hall–Kier alpha value is -1.38. The van der Waals surface area contributed by atoms with E-state index >= 15 is 0 Å². The first-order valence-corrected chi connectivity index (χ1v) is 5.62. The first kappa shape index (κ1) is 12.7. The highest BCUT2D eigenvalue weighted by Gasteiger charge is 2.08. The van der Waals surface area contributed by atoms with Crippen molar-refractivity contribution in [3.63, 3.8) is 0 Å². The van der Waals surface area contributed by atoms with Crippen LogP contribution in [0, 0.1) is 5.92 Å². The molecule has 0 aromatic carbocycles. The predicted molar refractivity (Wildman–Crippen MR) is 63.6 cm³/mol. The highest BCUT2D eigenvalue weighted by Crippen LogP contribution is 2.18. The fourth-order valence-electron chi connectivity index (χ4n) is 1.63. The highest BCUT2D eigenvalue weighted by atomic mass is 16.5. The molecule has 1 heterocycles. The molecule has 0 aliphatic carbocycles. The van der Waals surface area contributed by atoms with Gasteiger partial charge in [0.15, 0.2) is 0 Å². The van der Waals surface area contributed by atoms with E-state index in [2.05, 4.69) is 18.8 Å². The van der Waals surface area contributed by atoms with Crippen LogP contribution in [0.5, 0.6) is 5.75 Å². The molecule has 1 rings (SSSR count). The van der Waals surface area contributed by atoms with Gasteiger partial charge in [-0.25, -0.2) is 0 Å². The normalized spacial score (nSPS) is 10.5. The summed E-state index contributed by atoms with van der Waals surface area (Å²) in [7, 11) is 1.63. The molecule has 0 N–H and O–H groups in total. The number of rotatable bonds is 6. The number of ketones is 1. The third-order valence-electron chi connectivity index (χ3n) is 2.39. The number of aryl methyl sites for hydroxylation is 1. The molecule has 0 bridgehead atoms. The molecule has 0 unspecified atom stereocenters. The van der Waals surface area contributed by atoms with Gasteiger partial charge in [-0.2, -0.15) is 0 Å². The van der Waals surface area contributed by atoms with E-state index in [0.717, 1.165) is 11.3 Å². The van der Waals surface area contributed by atoms with Crippen molar-refractivity contribution in [2.24, 2.45) is 5.92 Å². The van der Waals surface area contributed by atoms with Crippen molar-refractivity contribution in [3.05, 3.63) is 24.0 Å². The van der Waals surface area contributed by atoms with Crippen LogP contribution in [0.1, 0.15) is 32.3 Å². The molecule has 1 aromatic heterocycles. The van der Waals surface area contributed by atoms with Crippen molar-refractivity contribution in [3.8, 4) is 5.75 Å². The summed E-state index contributed by atoms with van der Waals surface area (Å²) in [4.78, 5) is 15.6. The van der Waals surface area contributed by atoms with Gasteiger partial charge in [0.2, 0.25) is 0 Å². The van der Waals surface area contributed by atoms with Crippen LogP contribution in [0.2, 0.25) is 0 Å². The maximum atomic E-state index is 11.6. The van der Waals surface area contributed by atoms with Crippen LogP contribution in [0.4, 0.5) is 0 Å². The van der Waals surface area contributed by atoms with Gasteiger partial charge in [0.25, 0.3) is 0 Å². The largest absolute Gasteiger partial charge is 0.496 e. The lowest BCUT2D eigenvalue weighted by molar-refractivity contribution is -0.119. The molecule has 0 amide bonds. The van der Waals surface area contributed by atoms with Gasteiger partial charge in [-0.05, 0) is 18.4 Å². The molecule has 1 aromatic rings. The van der Waals surface area contributed by atoms with E-state index in [1.807, 2.05) is 6.07 Å².